The molecule has 0 fully saturated rings. The Morgan fingerprint density at radius 1 is 1.15 bits per heavy atom. The van der Waals surface area contributed by atoms with Crippen molar-refractivity contribution in [1.29, 1.82) is 0 Å². The van der Waals surface area contributed by atoms with Gasteiger partial charge in [-0.15, -0.1) is 13.7 Å². The molecule has 0 amide bonds. The quantitative estimate of drug-likeness (QED) is 0.751. The highest BCUT2D eigenvalue weighted by Crippen LogP contribution is 2.27. The van der Waals surface area contributed by atoms with Gasteiger partial charge in [-0.1, -0.05) is 45.4 Å². The van der Waals surface area contributed by atoms with Gasteiger partial charge < -0.3 is 5.11 Å². The summed E-state index contributed by atoms with van der Waals surface area (Å²) in [6.45, 7) is 15.2. The first-order chi connectivity index (χ1) is 9.10. The Morgan fingerprint density at radius 3 is 2.10 bits per heavy atom. The second-order valence-corrected chi connectivity index (χ2v) is 8.38. The highest BCUT2D eigenvalue weighted by atomic mass is 31.1. The van der Waals surface area contributed by atoms with Gasteiger partial charge in [0.1, 0.15) is 0 Å². The van der Waals surface area contributed by atoms with Gasteiger partial charge in [0.15, 0.2) is 0 Å². The van der Waals surface area contributed by atoms with E-state index in [1.54, 1.807) is 0 Å². The molecule has 1 nitrogen and oxygen atoms in total. The van der Waals surface area contributed by atoms with Crippen LogP contribution in [0.15, 0.2) is 12.1 Å². The molecule has 20 heavy (non-hydrogen) atoms. The van der Waals surface area contributed by atoms with Crippen molar-refractivity contribution in [3.05, 3.63) is 34.4 Å². The first-order valence-corrected chi connectivity index (χ1v) is 8.48. The molecule has 2 heteroatoms. The average Bonchev–Trinajstić information content (AvgIpc) is 2.22. The Balaban J connectivity index is 2.85. The van der Waals surface area contributed by atoms with E-state index < -0.39 is 0 Å². The number of hydrogen-bond donors (Lipinski definition) is 0. The number of rotatable bonds is 4. The Kier molecular flexibility index (Phi) is 5.98. The van der Waals surface area contributed by atoms with Crippen molar-refractivity contribution < 1.29 is 5.11 Å². The topological polar surface area (TPSA) is 23.1 Å². The van der Waals surface area contributed by atoms with Crippen LogP contribution in [-0.4, -0.2) is 11.6 Å². The summed E-state index contributed by atoms with van der Waals surface area (Å²) >= 11 is 0. The number of aryl methyl sites for hydroxylation is 3. The molecule has 1 atom stereocenters. The highest BCUT2D eigenvalue weighted by molar-refractivity contribution is 7.40. The van der Waals surface area contributed by atoms with E-state index in [0.717, 1.165) is 31.1 Å². The van der Waals surface area contributed by atoms with Gasteiger partial charge in [0, 0.05) is 0 Å². The molecule has 0 saturated carbocycles. The summed E-state index contributed by atoms with van der Waals surface area (Å²) < 4.78 is 0. The van der Waals surface area contributed by atoms with Crippen LogP contribution in [0.2, 0.25) is 0 Å². The van der Waals surface area contributed by atoms with E-state index >= 15 is 0 Å². The fourth-order valence-corrected chi connectivity index (χ4v) is 4.06. The third-order valence-corrected chi connectivity index (χ3v) is 4.72. The third kappa shape index (κ3) is 5.38. The van der Waals surface area contributed by atoms with Crippen molar-refractivity contribution in [3.8, 4) is 0 Å². The van der Waals surface area contributed by atoms with Gasteiger partial charge >= 0.3 is 0 Å². The normalized spacial score (nSPS) is 14.5. The first-order valence-electron chi connectivity index (χ1n) is 7.40. The Bertz CT molecular complexity index is 472. The maximum Gasteiger partial charge on any atom is -0.00899 e. The zero-order chi connectivity index (χ0) is 15.5. The second-order valence-electron chi connectivity index (χ2n) is 7.29. The number of hydrogen-bond acceptors (Lipinski definition) is 1. The van der Waals surface area contributed by atoms with E-state index in [-0.39, 0.29) is 5.48 Å². The van der Waals surface area contributed by atoms with Crippen LogP contribution in [0.4, 0.5) is 0 Å². The van der Waals surface area contributed by atoms with E-state index in [0.29, 0.717) is 11.3 Å². The Labute approximate surface area is 126 Å². The molecule has 1 aromatic rings. The Morgan fingerprint density at radius 2 is 1.65 bits per heavy atom. The molecule has 0 heterocycles. The molecule has 1 rings (SSSR count). The monoisotopic (exact) mass is 291 g/mol. The summed E-state index contributed by atoms with van der Waals surface area (Å²) in [5.41, 5.74) is 5.01. The maximum absolute atomic E-state index is 12.5. The van der Waals surface area contributed by atoms with Crippen LogP contribution in [0.1, 0.15) is 56.4 Å². The first kappa shape index (κ1) is 17.4. The average molecular weight is 291 g/mol. The lowest BCUT2D eigenvalue weighted by Gasteiger charge is -2.24. The summed E-state index contributed by atoms with van der Waals surface area (Å²) in [4.78, 5) is 0. The maximum atomic E-state index is 12.5. The van der Waals surface area contributed by atoms with Gasteiger partial charge in [0.05, 0.1) is 0 Å². The minimum atomic E-state index is 0.278. The van der Waals surface area contributed by atoms with Crippen molar-refractivity contribution in [1.82, 2.24) is 0 Å². The summed E-state index contributed by atoms with van der Waals surface area (Å²) in [6, 6.07) is 4.21. The van der Waals surface area contributed by atoms with Crippen molar-refractivity contribution in [3.63, 3.8) is 0 Å². The molecule has 112 valence electrons. The number of benzene rings is 1. The van der Waals surface area contributed by atoms with Crippen LogP contribution in [-0.2, 0) is 0 Å². The minimum absolute atomic E-state index is 0.278. The summed E-state index contributed by atoms with van der Waals surface area (Å²) in [7, 11) is 0.937. The highest BCUT2D eigenvalue weighted by Gasteiger charge is 2.14. The lowest BCUT2D eigenvalue weighted by molar-refractivity contribution is -0.207. The summed E-state index contributed by atoms with van der Waals surface area (Å²) in [5, 5.41) is 12.5. The molecule has 0 aliphatic carbocycles. The molecule has 1 unspecified atom stereocenters. The van der Waals surface area contributed by atoms with Crippen LogP contribution in [0.25, 0.3) is 0 Å². The molecule has 1 aromatic carbocycles. The lowest BCUT2D eigenvalue weighted by Crippen LogP contribution is -2.20. The van der Waals surface area contributed by atoms with Crippen LogP contribution < -0.4 is 5.11 Å². The molecule has 0 bridgehead atoms. The smallest absolute Gasteiger partial charge is 0.00899 e. The SMILES string of the molecule is Cc1cc(C)c(C([O-])=PCC(C)CC(C)(C)C)c(C)c1. The predicted octanol–water partition coefficient (Wildman–Crippen LogP) is 4.47. The van der Waals surface area contributed by atoms with Crippen molar-refractivity contribution in [2.75, 3.05) is 6.16 Å². The fourth-order valence-electron chi connectivity index (χ4n) is 2.95. The third-order valence-electron chi connectivity index (χ3n) is 3.40. The molecular formula is C18H28OP-. The fraction of sp³-hybridized carbons (Fsp3) is 0.611. The molecule has 0 spiro atoms. The standard InChI is InChI=1S/C18H29OP/c1-12-8-14(3)16(15(4)9-12)17(19)20-11-13(2)10-18(5,6)7/h8-9,13,19H,10-11H2,1-7H3/p-1. The van der Waals surface area contributed by atoms with Gasteiger partial charge in [-0.3, -0.25) is 0 Å². The van der Waals surface area contributed by atoms with Gasteiger partial charge in [0.25, 0.3) is 0 Å². The van der Waals surface area contributed by atoms with Crippen LogP contribution in [0.5, 0.6) is 0 Å². The summed E-state index contributed by atoms with van der Waals surface area (Å²) in [5.74, 6) is 0.590. The second kappa shape index (κ2) is 6.87. The van der Waals surface area contributed by atoms with Gasteiger partial charge in [0.2, 0.25) is 0 Å². The molecule has 0 N–H and O–H groups in total. The zero-order valence-corrected chi connectivity index (χ0v) is 14.9. The van der Waals surface area contributed by atoms with Gasteiger partial charge in [-0.05, 0) is 61.4 Å². The molecule has 0 saturated heterocycles. The van der Waals surface area contributed by atoms with Crippen molar-refractivity contribution in [2.24, 2.45) is 11.3 Å². The van der Waals surface area contributed by atoms with Crippen molar-refractivity contribution >= 4 is 13.7 Å². The van der Waals surface area contributed by atoms with Crippen molar-refractivity contribution in [2.45, 2.75) is 54.9 Å². The van der Waals surface area contributed by atoms with Gasteiger partial charge in [-0.25, -0.2) is 0 Å². The molecule has 0 aliphatic heterocycles. The molecular weight excluding hydrogens is 263 g/mol. The lowest BCUT2D eigenvalue weighted by atomic mass is 9.86. The molecule has 0 aromatic heterocycles. The zero-order valence-electron chi connectivity index (χ0n) is 14.0. The van der Waals surface area contributed by atoms with Crippen LogP contribution in [0.3, 0.4) is 0 Å². The van der Waals surface area contributed by atoms with E-state index in [9.17, 15) is 5.11 Å². The summed E-state index contributed by atoms with van der Waals surface area (Å²) in [6.07, 6.45) is 2.13. The van der Waals surface area contributed by atoms with E-state index in [4.69, 9.17) is 0 Å². The van der Waals surface area contributed by atoms with E-state index in [1.807, 2.05) is 13.8 Å². The van der Waals surface area contributed by atoms with Gasteiger partial charge in [-0.2, -0.15) is 0 Å². The van der Waals surface area contributed by atoms with Crippen LogP contribution >= 0.6 is 8.20 Å². The van der Waals surface area contributed by atoms with E-state index in [2.05, 4.69) is 46.8 Å². The Hall–Kier alpha value is -0.650. The minimum Gasteiger partial charge on any atom is -0.824 e. The van der Waals surface area contributed by atoms with Crippen LogP contribution in [0, 0.1) is 32.1 Å². The van der Waals surface area contributed by atoms with E-state index in [1.165, 1.54) is 12.0 Å². The molecule has 0 radical (unpaired) electrons. The molecule has 0 aliphatic rings. The largest absolute Gasteiger partial charge is 0.824 e. The predicted molar refractivity (Wildman–Crippen MR) is 89.8 cm³/mol.